The number of carbonyl (C=O) groups is 2. The van der Waals surface area contributed by atoms with Gasteiger partial charge in [0, 0.05) is 18.1 Å². The highest BCUT2D eigenvalue weighted by Gasteiger charge is 2.28. The Morgan fingerprint density at radius 1 is 1.07 bits per heavy atom. The van der Waals surface area contributed by atoms with E-state index in [1.807, 2.05) is 57.2 Å². The quantitative estimate of drug-likeness (QED) is 0.690. The van der Waals surface area contributed by atoms with Crippen molar-refractivity contribution in [1.82, 2.24) is 10.2 Å². The monoisotopic (exact) mass is 402 g/mol. The number of nitrogens with zero attached hydrogens (tertiary/aromatic N) is 1. The maximum absolute atomic E-state index is 13.0. The average molecular weight is 403 g/mol. The number of carbonyl (C=O) groups excluding carboxylic acids is 2. The molecule has 0 radical (unpaired) electrons. The number of halogens is 1. The van der Waals surface area contributed by atoms with Gasteiger partial charge in [0.25, 0.3) is 5.91 Å². The molecule has 2 amide bonds. The van der Waals surface area contributed by atoms with E-state index in [0.717, 1.165) is 11.1 Å². The molecule has 0 saturated carbocycles. The van der Waals surface area contributed by atoms with E-state index in [9.17, 15) is 9.59 Å². The van der Waals surface area contributed by atoms with Gasteiger partial charge in [0.15, 0.2) is 6.61 Å². The van der Waals surface area contributed by atoms with Crippen LogP contribution in [0.25, 0.3) is 0 Å². The Balaban J connectivity index is 2.16. The first-order valence-electron chi connectivity index (χ1n) is 9.45. The van der Waals surface area contributed by atoms with Gasteiger partial charge in [-0.05, 0) is 50.1 Å². The Labute approximate surface area is 171 Å². The molecule has 0 fully saturated rings. The number of aryl methyl sites for hydroxylation is 1. The Kier molecular flexibility index (Phi) is 8.33. The van der Waals surface area contributed by atoms with Crippen LogP contribution in [-0.2, 0) is 16.1 Å². The molecule has 28 heavy (non-hydrogen) atoms. The molecule has 5 nitrogen and oxygen atoms in total. The molecule has 0 aromatic heterocycles. The number of hydrogen-bond acceptors (Lipinski definition) is 3. The minimum atomic E-state index is -0.565. The molecule has 0 saturated heterocycles. The van der Waals surface area contributed by atoms with Crippen molar-refractivity contribution < 1.29 is 14.3 Å². The minimum Gasteiger partial charge on any atom is -0.484 e. The third kappa shape index (κ3) is 6.27. The molecule has 0 bridgehead atoms. The third-order valence-corrected chi connectivity index (χ3v) is 4.64. The van der Waals surface area contributed by atoms with Crippen LogP contribution >= 0.6 is 11.6 Å². The summed E-state index contributed by atoms with van der Waals surface area (Å²) in [6.45, 7) is 6.42. The highest BCUT2D eigenvalue weighted by atomic mass is 35.5. The number of hydrogen-bond donors (Lipinski definition) is 1. The molecular weight excluding hydrogens is 376 g/mol. The fraction of sp³-hybridized carbons (Fsp3) is 0.364. The van der Waals surface area contributed by atoms with Gasteiger partial charge < -0.3 is 15.0 Å². The van der Waals surface area contributed by atoms with Crippen LogP contribution in [-0.4, -0.2) is 35.9 Å². The summed E-state index contributed by atoms with van der Waals surface area (Å²) in [6.07, 6.45) is 0.510. The van der Waals surface area contributed by atoms with Crippen LogP contribution in [0.1, 0.15) is 31.4 Å². The lowest BCUT2D eigenvalue weighted by Crippen LogP contribution is -2.50. The van der Waals surface area contributed by atoms with Crippen molar-refractivity contribution in [3.05, 3.63) is 64.7 Å². The molecule has 1 atom stereocenters. The Hall–Kier alpha value is -2.53. The molecule has 6 heteroatoms. The van der Waals surface area contributed by atoms with Gasteiger partial charge in [0.1, 0.15) is 11.8 Å². The molecule has 2 aromatic carbocycles. The highest BCUT2D eigenvalue weighted by Crippen LogP contribution is 2.16. The number of benzene rings is 2. The maximum atomic E-state index is 13.0. The molecule has 0 aliphatic carbocycles. The smallest absolute Gasteiger partial charge is 0.261 e. The fourth-order valence-corrected chi connectivity index (χ4v) is 2.99. The van der Waals surface area contributed by atoms with E-state index in [0.29, 0.717) is 30.3 Å². The first-order valence-corrected chi connectivity index (χ1v) is 9.83. The first kappa shape index (κ1) is 21.8. The van der Waals surface area contributed by atoms with Gasteiger partial charge in [-0.3, -0.25) is 9.59 Å². The Bertz CT molecular complexity index is 775. The second kappa shape index (κ2) is 10.7. The van der Waals surface area contributed by atoms with Gasteiger partial charge in [-0.1, -0.05) is 48.4 Å². The van der Waals surface area contributed by atoms with Crippen LogP contribution in [0.5, 0.6) is 5.75 Å². The highest BCUT2D eigenvalue weighted by molar-refractivity contribution is 6.30. The normalized spacial score (nSPS) is 11.6. The van der Waals surface area contributed by atoms with Crippen molar-refractivity contribution in [1.29, 1.82) is 0 Å². The van der Waals surface area contributed by atoms with Crippen molar-refractivity contribution in [2.45, 2.75) is 39.8 Å². The molecular formula is C22H27ClN2O3. The van der Waals surface area contributed by atoms with E-state index in [2.05, 4.69) is 5.32 Å². The summed E-state index contributed by atoms with van der Waals surface area (Å²) in [5.41, 5.74) is 2.01. The third-order valence-electron chi connectivity index (χ3n) is 4.39. The van der Waals surface area contributed by atoms with Crippen molar-refractivity contribution in [3.63, 3.8) is 0 Å². The second-order valence-corrected chi connectivity index (χ2v) is 7.00. The average Bonchev–Trinajstić information content (AvgIpc) is 2.69. The zero-order valence-corrected chi connectivity index (χ0v) is 17.3. The van der Waals surface area contributed by atoms with E-state index in [1.54, 1.807) is 17.0 Å². The summed E-state index contributed by atoms with van der Waals surface area (Å²) >= 11 is 5.96. The second-order valence-electron chi connectivity index (χ2n) is 6.57. The molecule has 0 heterocycles. The fourth-order valence-electron chi connectivity index (χ4n) is 2.86. The van der Waals surface area contributed by atoms with Crippen LogP contribution < -0.4 is 10.1 Å². The minimum absolute atomic E-state index is 0.132. The molecule has 150 valence electrons. The van der Waals surface area contributed by atoms with Gasteiger partial charge in [0.2, 0.25) is 5.91 Å². The van der Waals surface area contributed by atoms with Crippen molar-refractivity contribution in [2.24, 2.45) is 0 Å². The topological polar surface area (TPSA) is 58.6 Å². The first-order chi connectivity index (χ1) is 13.4. The standard InChI is InChI=1S/C22H27ClN2O3/c1-4-20(22(27)24-5-2)25(14-17-8-10-18(23)11-9-17)21(26)15-28-19-12-6-16(3)7-13-19/h6-13,20H,4-5,14-15H2,1-3H3,(H,24,27)/t20-/m1/s1. The molecule has 0 aliphatic rings. The van der Waals surface area contributed by atoms with Crippen LogP contribution in [0, 0.1) is 6.92 Å². The number of ether oxygens (including phenoxy) is 1. The summed E-state index contributed by atoms with van der Waals surface area (Å²) < 4.78 is 5.65. The van der Waals surface area contributed by atoms with Crippen LogP contribution in [0.4, 0.5) is 0 Å². The lowest BCUT2D eigenvalue weighted by molar-refractivity contribution is -0.142. The summed E-state index contributed by atoms with van der Waals surface area (Å²) in [6, 6.07) is 14.2. The molecule has 1 N–H and O–H groups in total. The van der Waals surface area contributed by atoms with Gasteiger partial charge in [-0.15, -0.1) is 0 Å². The summed E-state index contributed by atoms with van der Waals surface area (Å²) in [4.78, 5) is 27.0. The van der Waals surface area contributed by atoms with Crippen LogP contribution in [0.2, 0.25) is 5.02 Å². The number of amides is 2. The van der Waals surface area contributed by atoms with E-state index < -0.39 is 6.04 Å². The predicted molar refractivity (Wildman–Crippen MR) is 111 cm³/mol. The molecule has 2 aromatic rings. The van der Waals surface area contributed by atoms with E-state index in [-0.39, 0.29) is 18.4 Å². The molecule has 2 rings (SSSR count). The number of rotatable bonds is 9. The number of likely N-dealkylation sites (N-methyl/N-ethyl adjacent to an activating group) is 1. The summed E-state index contributed by atoms with van der Waals surface area (Å²) in [5, 5.41) is 3.44. The van der Waals surface area contributed by atoms with Crippen LogP contribution in [0.15, 0.2) is 48.5 Å². The van der Waals surface area contributed by atoms with E-state index in [1.165, 1.54) is 0 Å². The molecule has 0 aliphatic heterocycles. The SMILES string of the molecule is CCNC(=O)[C@@H](CC)N(Cc1ccc(Cl)cc1)C(=O)COc1ccc(C)cc1. The Morgan fingerprint density at radius 3 is 2.29 bits per heavy atom. The van der Waals surface area contributed by atoms with Crippen molar-refractivity contribution >= 4 is 23.4 Å². The van der Waals surface area contributed by atoms with Gasteiger partial charge in [0.05, 0.1) is 0 Å². The largest absolute Gasteiger partial charge is 0.484 e. The Morgan fingerprint density at radius 2 is 1.71 bits per heavy atom. The maximum Gasteiger partial charge on any atom is 0.261 e. The summed E-state index contributed by atoms with van der Waals surface area (Å²) in [5.74, 6) is 0.215. The van der Waals surface area contributed by atoms with Gasteiger partial charge >= 0.3 is 0 Å². The zero-order chi connectivity index (χ0) is 20.5. The van der Waals surface area contributed by atoms with Crippen LogP contribution in [0.3, 0.4) is 0 Å². The lowest BCUT2D eigenvalue weighted by Gasteiger charge is -2.30. The molecule has 0 unspecified atom stereocenters. The zero-order valence-electron chi connectivity index (χ0n) is 16.6. The van der Waals surface area contributed by atoms with E-state index >= 15 is 0 Å². The van der Waals surface area contributed by atoms with Crippen molar-refractivity contribution in [2.75, 3.05) is 13.2 Å². The molecule has 0 spiro atoms. The lowest BCUT2D eigenvalue weighted by atomic mass is 10.1. The number of nitrogens with one attached hydrogen (secondary N) is 1. The van der Waals surface area contributed by atoms with Crippen molar-refractivity contribution in [3.8, 4) is 5.75 Å². The van der Waals surface area contributed by atoms with Gasteiger partial charge in [-0.2, -0.15) is 0 Å². The summed E-state index contributed by atoms with van der Waals surface area (Å²) in [7, 11) is 0. The van der Waals surface area contributed by atoms with E-state index in [4.69, 9.17) is 16.3 Å². The predicted octanol–water partition coefficient (Wildman–Crippen LogP) is 3.97. The van der Waals surface area contributed by atoms with Gasteiger partial charge in [-0.25, -0.2) is 0 Å².